The standard InChI is InChI=1S/C13H11BrF2N2/c14-12-9(1-2-10(15)13(12)16)11(17)7-8-3-5-18-6-4-8/h1-6,11H,7,17H2. The first kappa shape index (κ1) is 13.1. The zero-order valence-corrected chi connectivity index (χ0v) is 11.0. The normalized spacial score (nSPS) is 12.4. The Balaban J connectivity index is 2.24. The van der Waals surface area contributed by atoms with E-state index in [1.54, 1.807) is 12.4 Å². The molecule has 2 rings (SSSR count). The molecule has 2 N–H and O–H groups in total. The predicted molar refractivity (Wildman–Crippen MR) is 68.9 cm³/mol. The lowest BCUT2D eigenvalue weighted by Gasteiger charge is -2.14. The largest absolute Gasteiger partial charge is 0.324 e. The smallest absolute Gasteiger partial charge is 0.173 e. The Morgan fingerprint density at radius 2 is 1.83 bits per heavy atom. The second-order valence-corrected chi connectivity index (χ2v) is 4.72. The molecule has 18 heavy (non-hydrogen) atoms. The van der Waals surface area contributed by atoms with E-state index in [1.807, 2.05) is 12.1 Å². The van der Waals surface area contributed by atoms with Gasteiger partial charge in [0.25, 0.3) is 0 Å². The molecule has 2 aromatic rings. The van der Waals surface area contributed by atoms with Crippen molar-refractivity contribution in [3.05, 3.63) is 63.9 Å². The fourth-order valence-electron chi connectivity index (χ4n) is 1.71. The first-order chi connectivity index (χ1) is 8.59. The van der Waals surface area contributed by atoms with Crippen LogP contribution >= 0.6 is 15.9 Å². The van der Waals surface area contributed by atoms with Gasteiger partial charge in [-0.15, -0.1) is 0 Å². The Morgan fingerprint density at radius 1 is 1.17 bits per heavy atom. The molecule has 0 aliphatic heterocycles. The summed E-state index contributed by atoms with van der Waals surface area (Å²) in [6.45, 7) is 0. The van der Waals surface area contributed by atoms with Gasteiger partial charge in [0.05, 0.1) is 4.47 Å². The molecule has 5 heteroatoms. The third-order valence-corrected chi connectivity index (χ3v) is 3.48. The molecule has 0 bridgehead atoms. The number of hydrogen-bond donors (Lipinski definition) is 1. The summed E-state index contributed by atoms with van der Waals surface area (Å²) in [6.07, 6.45) is 3.87. The number of hydrogen-bond acceptors (Lipinski definition) is 2. The minimum Gasteiger partial charge on any atom is -0.324 e. The molecule has 1 unspecified atom stereocenters. The Morgan fingerprint density at radius 3 is 2.50 bits per heavy atom. The van der Waals surface area contributed by atoms with Crippen LogP contribution in [0.2, 0.25) is 0 Å². The van der Waals surface area contributed by atoms with Crippen molar-refractivity contribution in [1.82, 2.24) is 4.98 Å². The lowest BCUT2D eigenvalue weighted by atomic mass is 10.0. The number of nitrogens with zero attached hydrogens (tertiary/aromatic N) is 1. The van der Waals surface area contributed by atoms with Crippen molar-refractivity contribution in [2.45, 2.75) is 12.5 Å². The molecule has 0 saturated heterocycles. The van der Waals surface area contributed by atoms with Crippen molar-refractivity contribution in [1.29, 1.82) is 0 Å². The number of halogens is 3. The van der Waals surface area contributed by atoms with E-state index in [-0.39, 0.29) is 4.47 Å². The maximum Gasteiger partial charge on any atom is 0.173 e. The summed E-state index contributed by atoms with van der Waals surface area (Å²) in [5, 5.41) is 0. The summed E-state index contributed by atoms with van der Waals surface area (Å²) in [5.74, 6) is -1.79. The summed E-state index contributed by atoms with van der Waals surface area (Å²) in [6, 6.07) is 5.86. The van der Waals surface area contributed by atoms with Gasteiger partial charge in [0.1, 0.15) is 0 Å². The fourth-order valence-corrected chi connectivity index (χ4v) is 2.33. The lowest BCUT2D eigenvalue weighted by Crippen LogP contribution is -2.14. The molecule has 0 spiro atoms. The fraction of sp³-hybridized carbons (Fsp3) is 0.154. The quantitative estimate of drug-likeness (QED) is 0.883. The number of benzene rings is 1. The van der Waals surface area contributed by atoms with Gasteiger partial charge in [0.15, 0.2) is 11.6 Å². The molecule has 0 fully saturated rings. The number of pyridine rings is 1. The predicted octanol–water partition coefficient (Wildman–Crippen LogP) is 3.36. The average Bonchev–Trinajstić information content (AvgIpc) is 2.37. The van der Waals surface area contributed by atoms with Gasteiger partial charge >= 0.3 is 0 Å². The van der Waals surface area contributed by atoms with Crippen LogP contribution in [0.4, 0.5) is 8.78 Å². The maximum absolute atomic E-state index is 13.4. The van der Waals surface area contributed by atoms with Gasteiger partial charge in [-0.2, -0.15) is 0 Å². The van der Waals surface area contributed by atoms with Crippen LogP contribution in [-0.2, 0) is 6.42 Å². The van der Waals surface area contributed by atoms with Crippen LogP contribution in [0.5, 0.6) is 0 Å². The molecule has 0 aliphatic carbocycles. The minimum atomic E-state index is -0.905. The van der Waals surface area contributed by atoms with Gasteiger partial charge in [-0.05, 0) is 51.7 Å². The average molecular weight is 313 g/mol. The van der Waals surface area contributed by atoms with E-state index < -0.39 is 17.7 Å². The van der Waals surface area contributed by atoms with E-state index in [0.29, 0.717) is 12.0 Å². The maximum atomic E-state index is 13.4. The molecule has 2 nitrogen and oxygen atoms in total. The highest BCUT2D eigenvalue weighted by molar-refractivity contribution is 9.10. The molecular weight excluding hydrogens is 302 g/mol. The molecule has 0 saturated carbocycles. The molecular formula is C13H11BrF2N2. The number of rotatable bonds is 3. The van der Waals surface area contributed by atoms with E-state index in [4.69, 9.17) is 5.73 Å². The summed E-state index contributed by atoms with van der Waals surface area (Å²) in [4.78, 5) is 3.91. The summed E-state index contributed by atoms with van der Waals surface area (Å²) < 4.78 is 26.5. The van der Waals surface area contributed by atoms with Crippen molar-refractivity contribution in [2.75, 3.05) is 0 Å². The zero-order valence-electron chi connectivity index (χ0n) is 9.41. The second-order valence-electron chi connectivity index (χ2n) is 3.93. The minimum absolute atomic E-state index is 0.0871. The highest BCUT2D eigenvalue weighted by Crippen LogP contribution is 2.28. The topological polar surface area (TPSA) is 38.9 Å². The third kappa shape index (κ3) is 2.73. The van der Waals surface area contributed by atoms with Crippen LogP contribution in [0.3, 0.4) is 0 Å². The summed E-state index contributed by atoms with van der Waals surface area (Å²) in [5.41, 5.74) is 7.55. The molecule has 1 heterocycles. The Bertz CT molecular complexity index is 546. The van der Waals surface area contributed by atoms with E-state index in [1.165, 1.54) is 6.07 Å². The van der Waals surface area contributed by atoms with Gasteiger partial charge in [-0.25, -0.2) is 8.78 Å². The summed E-state index contributed by atoms with van der Waals surface area (Å²) >= 11 is 3.04. The van der Waals surface area contributed by atoms with E-state index in [0.717, 1.165) is 11.6 Å². The van der Waals surface area contributed by atoms with Crippen molar-refractivity contribution >= 4 is 15.9 Å². The van der Waals surface area contributed by atoms with Crippen LogP contribution in [0, 0.1) is 11.6 Å². The highest BCUT2D eigenvalue weighted by atomic mass is 79.9. The van der Waals surface area contributed by atoms with Crippen molar-refractivity contribution in [3.63, 3.8) is 0 Å². The molecule has 0 amide bonds. The van der Waals surface area contributed by atoms with Gasteiger partial charge in [-0.3, -0.25) is 4.98 Å². The van der Waals surface area contributed by atoms with E-state index >= 15 is 0 Å². The van der Waals surface area contributed by atoms with E-state index in [9.17, 15) is 8.78 Å². The third-order valence-electron chi connectivity index (χ3n) is 2.67. The molecule has 1 aromatic carbocycles. The van der Waals surface area contributed by atoms with Crippen LogP contribution in [-0.4, -0.2) is 4.98 Å². The van der Waals surface area contributed by atoms with Crippen molar-refractivity contribution in [3.8, 4) is 0 Å². The number of aromatic nitrogens is 1. The van der Waals surface area contributed by atoms with Gasteiger partial charge < -0.3 is 5.73 Å². The van der Waals surface area contributed by atoms with Crippen LogP contribution in [0.1, 0.15) is 17.2 Å². The monoisotopic (exact) mass is 312 g/mol. The molecule has 0 radical (unpaired) electrons. The first-order valence-corrected chi connectivity index (χ1v) is 6.16. The first-order valence-electron chi connectivity index (χ1n) is 5.37. The molecule has 94 valence electrons. The SMILES string of the molecule is NC(Cc1ccncc1)c1ccc(F)c(F)c1Br. The van der Waals surface area contributed by atoms with E-state index in [2.05, 4.69) is 20.9 Å². The number of nitrogens with two attached hydrogens (primary N) is 1. The Kier molecular flexibility index (Phi) is 4.04. The zero-order chi connectivity index (χ0) is 13.1. The Labute approximate surface area is 112 Å². The van der Waals surface area contributed by atoms with Gasteiger partial charge in [0.2, 0.25) is 0 Å². The van der Waals surface area contributed by atoms with Crippen LogP contribution in [0.25, 0.3) is 0 Å². The van der Waals surface area contributed by atoms with Crippen LogP contribution < -0.4 is 5.73 Å². The van der Waals surface area contributed by atoms with Crippen molar-refractivity contribution < 1.29 is 8.78 Å². The lowest BCUT2D eigenvalue weighted by molar-refractivity contribution is 0.500. The van der Waals surface area contributed by atoms with Crippen LogP contribution in [0.15, 0.2) is 41.1 Å². The molecule has 1 atom stereocenters. The second kappa shape index (κ2) is 5.54. The highest BCUT2D eigenvalue weighted by Gasteiger charge is 2.16. The Hall–Kier alpha value is -1.33. The summed E-state index contributed by atoms with van der Waals surface area (Å²) in [7, 11) is 0. The molecule has 1 aromatic heterocycles. The van der Waals surface area contributed by atoms with Gasteiger partial charge in [-0.1, -0.05) is 6.07 Å². The molecule has 0 aliphatic rings. The van der Waals surface area contributed by atoms with Crippen molar-refractivity contribution in [2.24, 2.45) is 5.73 Å². The van der Waals surface area contributed by atoms with Gasteiger partial charge in [0, 0.05) is 18.4 Å².